The van der Waals surface area contributed by atoms with E-state index in [-0.39, 0.29) is 34.7 Å². The van der Waals surface area contributed by atoms with Crippen molar-refractivity contribution in [3.8, 4) is 16.9 Å². The molecule has 0 saturated heterocycles. The van der Waals surface area contributed by atoms with E-state index in [1.807, 2.05) is 0 Å². The van der Waals surface area contributed by atoms with Gasteiger partial charge in [-0.05, 0) is 60.0 Å². The quantitative estimate of drug-likeness (QED) is 0.412. The molecule has 36 heavy (non-hydrogen) atoms. The van der Waals surface area contributed by atoms with E-state index in [4.69, 9.17) is 4.74 Å². The number of alkyl halides is 3. The second-order valence-corrected chi connectivity index (χ2v) is 10.5. The molecule has 0 fully saturated rings. The highest BCUT2D eigenvalue weighted by Crippen LogP contribution is 2.34. The molecule has 1 atom stereocenters. The molecular weight excluding hydrogens is 505 g/mol. The highest BCUT2D eigenvalue weighted by atomic mass is 32.2. The highest BCUT2D eigenvalue weighted by Gasteiger charge is 2.39. The molecule has 4 rings (SSSR count). The van der Waals surface area contributed by atoms with Crippen molar-refractivity contribution in [3.63, 3.8) is 0 Å². The summed E-state index contributed by atoms with van der Waals surface area (Å²) in [5.41, 5.74) is 0.967. The number of hydrogen-bond donors (Lipinski definition) is 0. The van der Waals surface area contributed by atoms with Crippen molar-refractivity contribution in [1.29, 1.82) is 0 Å². The van der Waals surface area contributed by atoms with Crippen molar-refractivity contribution in [2.75, 3.05) is 6.26 Å². The van der Waals surface area contributed by atoms with Gasteiger partial charge in [0.15, 0.2) is 15.9 Å². The van der Waals surface area contributed by atoms with Crippen LogP contribution in [0.25, 0.3) is 11.1 Å². The molecule has 0 bridgehead atoms. The van der Waals surface area contributed by atoms with Crippen LogP contribution in [0.2, 0.25) is 0 Å². The number of benzene rings is 3. The predicted octanol–water partition coefficient (Wildman–Crippen LogP) is 5.52. The van der Waals surface area contributed by atoms with Gasteiger partial charge in [-0.3, -0.25) is 4.79 Å². The Hall–Kier alpha value is -3.47. The first-order valence-electron chi connectivity index (χ1n) is 10.7. The van der Waals surface area contributed by atoms with Gasteiger partial charge in [0.1, 0.15) is 17.4 Å². The van der Waals surface area contributed by atoms with E-state index in [0.717, 1.165) is 43.5 Å². The second kappa shape index (κ2) is 9.20. The second-order valence-electron chi connectivity index (χ2n) is 8.47. The number of carbonyl (C=O) groups excluding carboxylic acids is 1. The number of fused-ring (bicyclic) bond motifs is 1. The molecule has 5 nitrogen and oxygen atoms in total. The van der Waals surface area contributed by atoms with Crippen molar-refractivity contribution in [1.82, 2.24) is 4.90 Å². The lowest BCUT2D eigenvalue weighted by Crippen LogP contribution is -2.32. The Bertz CT molecular complexity index is 1430. The van der Waals surface area contributed by atoms with Gasteiger partial charge in [-0.1, -0.05) is 18.2 Å². The van der Waals surface area contributed by atoms with Gasteiger partial charge >= 0.3 is 6.18 Å². The monoisotopic (exact) mass is 525 g/mol. The molecule has 0 aromatic heterocycles. The summed E-state index contributed by atoms with van der Waals surface area (Å²) in [6, 6.07) is 11.2. The first-order chi connectivity index (χ1) is 16.8. The van der Waals surface area contributed by atoms with Gasteiger partial charge in [0.05, 0.1) is 16.0 Å². The summed E-state index contributed by atoms with van der Waals surface area (Å²) in [4.78, 5) is 14.4. The Kier molecular flexibility index (Phi) is 6.54. The van der Waals surface area contributed by atoms with Gasteiger partial charge in [0.25, 0.3) is 5.91 Å². The van der Waals surface area contributed by atoms with Crippen LogP contribution in [0.15, 0.2) is 59.5 Å². The number of ether oxygens (including phenoxy) is 1. The van der Waals surface area contributed by atoms with Crippen LogP contribution in [0.1, 0.15) is 28.4 Å². The van der Waals surface area contributed by atoms with Gasteiger partial charge in [0, 0.05) is 19.3 Å². The van der Waals surface area contributed by atoms with Crippen LogP contribution in [-0.2, 0) is 22.9 Å². The van der Waals surface area contributed by atoms with E-state index < -0.39 is 45.4 Å². The van der Waals surface area contributed by atoms with Crippen molar-refractivity contribution < 1.29 is 39.9 Å². The number of nitrogens with zero attached hydrogens (tertiary/aromatic N) is 1. The highest BCUT2D eigenvalue weighted by molar-refractivity contribution is 7.90. The minimum Gasteiger partial charge on any atom is -0.480 e. The Morgan fingerprint density at radius 2 is 1.61 bits per heavy atom. The Balaban J connectivity index is 1.68. The standard InChI is InChI=1S/C25H20F5NO4S/c1-14(25(28,29)30)35-22-9-8-18(36(2,33)34)11-19(22)24(32)31-12-16-7-6-15(10-17(16)13-31)23-20(26)4-3-5-21(23)27/h3-11,14H,12-13H2,1-2H3/t14-/m0/s1. The number of halogens is 5. The summed E-state index contributed by atoms with van der Waals surface area (Å²) in [6.45, 7) is 0.828. The summed E-state index contributed by atoms with van der Waals surface area (Å²) in [5.74, 6) is -2.67. The maximum atomic E-state index is 14.2. The molecule has 190 valence electrons. The molecule has 1 heterocycles. The molecule has 1 aliphatic heterocycles. The van der Waals surface area contributed by atoms with E-state index in [0.29, 0.717) is 11.1 Å². The Morgan fingerprint density at radius 3 is 2.22 bits per heavy atom. The molecule has 11 heteroatoms. The van der Waals surface area contributed by atoms with Gasteiger partial charge in [0.2, 0.25) is 0 Å². The fourth-order valence-electron chi connectivity index (χ4n) is 3.90. The molecule has 1 aliphatic rings. The minimum atomic E-state index is -4.71. The Labute approximate surface area is 204 Å². The summed E-state index contributed by atoms with van der Waals surface area (Å²) in [5, 5.41) is 0. The fraction of sp³-hybridized carbons (Fsp3) is 0.240. The van der Waals surface area contributed by atoms with Crippen LogP contribution in [0.4, 0.5) is 22.0 Å². The van der Waals surface area contributed by atoms with Crippen LogP contribution in [-0.4, -0.2) is 37.8 Å². The zero-order valence-electron chi connectivity index (χ0n) is 19.1. The number of amides is 1. The maximum Gasteiger partial charge on any atom is 0.425 e. The lowest BCUT2D eigenvalue weighted by atomic mass is 10.00. The van der Waals surface area contributed by atoms with Crippen molar-refractivity contribution >= 4 is 15.7 Å². The maximum absolute atomic E-state index is 14.2. The van der Waals surface area contributed by atoms with E-state index >= 15 is 0 Å². The first kappa shape index (κ1) is 25.6. The van der Waals surface area contributed by atoms with E-state index in [1.54, 1.807) is 12.1 Å². The fourth-order valence-corrected chi connectivity index (χ4v) is 4.55. The molecule has 0 spiro atoms. The molecule has 0 saturated carbocycles. The first-order valence-corrected chi connectivity index (χ1v) is 12.6. The third-order valence-electron chi connectivity index (χ3n) is 5.84. The van der Waals surface area contributed by atoms with E-state index in [1.165, 1.54) is 17.0 Å². The molecule has 3 aromatic rings. The SMILES string of the molecule is C[C@H](Oc1ccc(S(C)(=O)=O)cc1C(=O)N1Cc2ccc(-c3c(F)cccc3F)cc2C1)C(F)(F)F. The van der Waals surface area contributed by atoms with Crippen LogP contribution in [0, 0.1) is 11.6 Å². The van der Waals surface area contributed by atoms with Gasteiger partial charge in [-0.15, -0.1) is 0 Å². The molecular formula is C25H20F5NO4S. The van der Waals surface area contributed by atoms with E-state index in [2.05, 4.69) is 0 Å². The number of hydrogen-bond acceptors (Lipinski definition) is 4. The summed E-state index contributed by atoms with van der Waals surface area (Å²) >= 11 is 0. The van der Waals surface area contributed by atoms with Crippen molar-refractivity contribution in [3.05, 3.63) is 82.9 Å². The molecule has 0 radical (unpaired) electrons. The number of rotatable bonds is 5. The van der Waals surface area contributed by atoms with Crippen molar-refractivity contribution in [2.45, 2.75) is 37.2 Å². The van der Waals surface area contributed by atoms with Crippen molar-refractivity contribution in [2.24, 2.45) is 0 Å². The Morgan fingerprint density at radius 1 is 0.972 bits per heavy atom. The summed E-state index contributed by atoms with van der Waals surface area (Å²) in [6.07, 6.45) is -6.05. The third-order valence-corrected chi connectivity index (χ3v) is 6.95. The minimum absolute atomic E-state index is 0.00452. The molecule has 1 amide bonds. The number of carbonyl (C=O) groups is 1. The zero-order chi connectivity index (χ0) is 26.4. The van der Waals surface area contributed by atoms with Gasteiger partial charge in [-0.2, -0.15) is 13.2 Å². The van der Waals surface area contributed by atoms with Crippen LogP contribution < -0.4 is 4.74 Å². The van der Waals surface area contributed by atoms with Crippen LogP contribution in [0.3, 0.4) is 0 Å². The molecule has 0 aliphatic carbocycles. The number of sulfone groups is 1. The average molecular weight is 525 g/mol. The average Bonchev–Trinajstić information content (AvgIpc) is 3.21. The van der Waals surface area contributed by atoms with E-state index in [9.17, 15) is 35.2 Å². The lowest BCUT2D eigenvalue weighted by molar-refractivity contribution is -0.189. The lowest BCUT2D eigenvalue weighted by Gasteiger charge is -2.22. The third kappa shape index (κ3) is 5.06. The summed E-state index contributed by atoms with van der Waals surface area (Å²) in [7, 11) is -3.77. The molecule has 3 aromatic carbocycles. The zero-order valence-corrected chi connectivity index (χ0v) is 19.9. The summed E-state index contributed by atoms with van der Waals surface area (Å²) < 4.78 is 96.7. The molecule has 0 N–H and O–H groups in total. The topological polar surface area (TPSA) is 63.7 Å². The normalized spacial score (nSPS) is 14.5. The predicted molar refractivity (Wildman–Crippen MR) is 121 cm³/mol. The largest absolute Gasteiger partial charge is 0.480 e. The van der Waals surface area contributed by atoms with Gasteiger partial charge in [-0.25, -0.2) is 17.2 Å². The molecule has 0 unspecified atom stereocenters. The van der Waals surface area contributed by atoms with Crippen LogP contribution >= 0.6 is 0 Å². The van der Waals surface area contributed by atoms with Crippen LogP contribution in [0.5, 0.6) is 5.75 Å². The van der Waals surface area contributed by atoms with Gasteiger partial charge < -0.3 is 9.64 Å². The smallest absolute Gasteiger partial charge is 0.425 e.